The number of fused-ring (bicyclic) bond motifs is 1. The number of nitrogens with zero attached hydrogens (tertiary/aromatic N) is 2. The molecule has 0 bridgehead atoms. The van der Waals surface area contributed by atoms with Gasteiger partial charge in [-0.15, -0.1) is 0 Å². The second kappa shape index (κ2) is 9.14. The smallest absolute Gasteiger partial charge is 0.328 e. The first kappa shape index (κ1) is 20.3. The first-order valence-electron chi connectivity index (χ1n) is 9.35. The summed E-state index contributed by atoms with van der Waals surface area (Å²) in [6, 6.07) is 15.9. The summed E-state index contributed by atoms with van der Waals surface area (Å²) in [4.78, 5) is 41.4. The molecule has 0 radical (unpaired) electrons. The fourth-order valence-corrected chi connectivity index (χ4v) is 3.19. The molecule has 0 aliphatic carbocycles. The lowest BCUT2D eigenvalue weighted by atomic mass is 10.1. The molecule has 0 unspecified atom stereocenters. The van der Waals surface area contributed by atoms with Crippen LogP contribution in [0.1, 0.15) is 17.7 Å². The van der Waals surface area contributed by atoms with E-state index in [-0.39, 0.29) is 24.3 Å². The Morgan fingerprint density at radius 2 is 1.79 bits per heavy atom. The number of benzene rings is 2. The molecule has 3 aromatic rings. The number of hydrogen-bond acceptors (Lipinski definition) is 5. The summed E-state index contributed by atoms with van der Waals surface area (Å²) >= 11 is 0. The number of nitrogens with one attached hydrogen (secondary N) is 1. The van der Waals surface area contributed by atoms with Gasteiger partial charge >= 0.3 is 5.97 Å². The van der Waals surface area contributed by atoms with Gasteiger partial charge in [0.2, 0.25) is 5.91 Å². The molecule has 1 amide bonds. The van der Waals surface area contributed by atoms with Crippen LogP contribution in [0.2, 0.25) is 0 Å². The topological polar surface area (TPSA) is 90.3 Å². The lowest BCUT2D eigenvalue weighted by Crippen LogP contribution is -2.43. The third-order valence-electron chi connectivity index (χ3n) is 4.74. The third-order valence-corrected chi connectivity index (χ3v) is 4.74. The highest BCUT2D eigenvalue weighted by molar-refractivity contribution is 5.84. The minimum atomic E-state index is -0.790. The van der Waals surface area contributed by atoms with Crippen molar-refractivity contribution in [3.8, 4) is 0 Å². The predicted molar refractivity (Wildman–Crippen MR) is 109 cm³/mol. The highest BCUT2D eigenvalue weighted by atomic mass is 16.5. The summed E-state index contributed by atoms with van der Waals surface area (Å²) in [5.74, 6) is -0.852. The van der Waals surface area contributed by atoms with Gasteiger partial charge in [0.1, 0.15) is 11.7 Å². The Kier molecular flexibility index (Phi) is 6.39. The molecule has 150 valence electrons. The molecule has 0 saturated carbocycles. The number of para-hydroxylation sites is 2. The van der Waals surface area contributed by atoms with E-state index in [9.17, 15) is 14.4 Å². The molecular weight excluding hydrogens is 370 g/mol. The largest absolute Gasteiger partial charge is 0.467 e. The molecule has 1 N–H and O–H groups in total. The van der Waals surface area contributed by atoms with Crippen molar-refractivity contribution >= 4 is 22.9 Å². The van der Waals surface area contributed by atoms with Gasteiger partial charge in [-0.05, 0) is 17.7 Å². The summed E-state index contributed by atoms with van der Waals surface area (Å²) in [5, 5.41) is 2.71. The zero-order chi connectivity index (χ0) is 20.8. The van der Waals surface area contributed by atoms with Crippen LogP contribution in [0.25, 0.3) is 11.0 Å². The van der Waals surface area contributed by atoms with Gasteiger partial charge in [-0.1, -0.05) is 42.5 Å². The molecule has 7 heteroatoms. The lowest BCUT2D eigenvalue weighted by molar-refractivity contribution is -0.145. The van der Waals surface area contributed by atoms with Crippen molar-refractivity contribution in [2.24, 2.45) is 7.05 Å². The van der Waals surface area contributed by atoms with E-state index in [1.807, 2.05) is 54.6 Å². The van der Waals surface area contributed by atoms with Crippen molar-refractivity contribution in [3.63, 3.8) is 0 Å². The van der Waals surface area contributed by atoms with Gasteiger partial charge in [-0.2, -0.15) is 0 Å². The maximum atomic E-state index is 12.5. The van der Waals surface area contributed by atoms with E-state index < -0.39 is 12.0 Å². The molecule has 0 spiro atoms. The van der Waals surface area contributed by atoms with Crippen molar-refractivity contribution in [2.75, 3.05) is 7.11 Å². The van der Waals surface area contributed by atoms with Crippen LogP contribution in [-0.2, 0) is 34.2 Å². The van der Waals surface area contributed by atoms with Gasteiger partial charge in [0, 0.05) is 26.3 Å². The van der Waals surface area contributed by atoms with Crippen LogP contribution in [0.15, 0.2) is 59.4 Å². The number of carbonyl (C=O) groups is 2. The number of amides is 1. The van der Waals surface area contributed by atoms with E-state index in [4.69, 9.17) is 4.74 Å². The average molecular weight is 393 g/mol. The lowest BCUT2D eigenvalue weighted by Gasteiger charge is -2.16. The Bertz CT molecular complexity index is 1080. The molecule has 0 aliphatic heterocycles. The maximum Gasteiger partial charge on any atom is 0.328 e. The molecular formula is C22H23N3O4. The Balaban J connectivity index is 1.69. The SMILES string of the molecule is COC(=O)[C@H](Cc1ccccc1)NC(=O)CCc1nc2ccccc2n(C)c1=O. The molecule has 1 atom stereocenters. The monoisotopic (exact) mass is 393 g/mol. The van der Waals surface area contributed by atoms with E-state index in [0.29, 0.717) is 17.6 Å². The van der Waals surface area contributed by atoms with E-state index in [2.05, 4.69) is 10.3 Å². The van der Waals surface area contributed by atoms with Gasteiger partial charge in [-0.25, -0.2) is 9.78 Å². The number of esters is 1. The number of hydrogen-bond donors (Lipinski definition) is 1. The zero-order valence-corrected chi connectivity index (χ0v) is 16.4. The van der Waals surface area contributed by atoms with Crippen molar-refractivity contribution in [2.45, 2.75) is 25.3 Å². The van der Waals surface area contributed by atoms with Crippen LogP contribution < -0.4 is 10.9 Å². The van der Waals surface area contributed by atoms with Crippen LogP contribution in [-0.4, -0.2) is 34.6 Å². The molecule has 2 aromatic carbocycles. The summed E-state index contributed by atoms with van der Waals surface area (Å²) in [5.41, 5.74) is 2.43. The Hall–Kier alpha value is -3.48. The molecule has 29 heavy (non-hydrogen) atoms. The van der Waals surface area contributed by atoms with Crippen molar-refractivity contribution in [1.29, 1.82) is 0 Å². The molecule has 0 aliphatic rings. The molecule has 0 fully saturated rings. The van der Waals surface area contributed by atoms with Crippen LogP contribution >= 0.6 is 0 Å². The summed E-state index contributed by atoms with van der Waals surface area (Å²) in [6.45, 7) is 0. The van der Waals surface area contributed by atoms with E-state index in [1.165, 1.54) is 11.7 Å². The minimum absolute atomic E-state index is 0.0445. The quantitative estimate of drug-likeness (QED) is 0.618. The van der Waals surface area contributed by atoms with Gasteiger partial charge in [0.05, 0.1) is 18.1 Å². The Morgan fingerprint density at radius 1 is 1.10 bits per heavy atom. The standard InChI is InChI=1S/C22H23N3O4/c1-25-19-11-7-6-10-16(19)23-17(21(25)27)12-13-20(26)24-18(22(28)29-2)14-15-8-4-3-5-9-15/h3-11,18H,12-14H2,1-2H3,(H,24,26)/t18-/m0/s1. The van der Waals surface area contributed by atoms with Gasteiger partial charge in [-0.3, -0.25) is 9.59 Å². The van der Waals surface area contributed by atoms with E-state index in [1.54, 1.807) is 7.05 Å². The minimum Gasteiger partial charge on any atom is -0.467 e. The maximum absolute atomic E-state index is 12.5. The number of rotatable bonds is 7. The normalized spacial score (nSPS) is 11.8. The number of methoxy groups -OCH3 is 1. The first-order valence-corrected chi connectivity index (χ1v) is 9.35. The van der Waals surface area contributed by atoms with Crippen LogP contribution in [0.3, 0.4) is 0 Å². The number of aryl methyl sites for hydroxylation is 2. The summed E-state index contributed by atoms with van der Waals surface area (Å²) in [7, 11) is 2.97. The van der Waals surface area contributed by atoms with Crippen molar-refractivity contribution < 1.29 is 14.3 Å². The van der Waals surface area contributed by atoms with Gasteiger partial charge < -0.3 is 14.6 Å². The summed E-state index contributed by atoms with van der Waals surface area (Å²) < 4.78 is 6.34. The Labute approximate surface area is 168 Å². The van der Waals surface area contributed by atoms with Gasteiger partial charge in [0.25, 0.3) is 5.56 Å². The average Bonchev–Trinajstić information content (AvgIpc) is 2.75. The fraction of sp³-hybridized carbons (Fsp3) is 0.273. The predicted octanol–water partition coefficient (Wildman–Crippen LogP) is 1.77. The molecule has 7 nitrogen and oxygen atoms in total. The van der Waals surface area contributed by atoms with Gasteiger partial charge in [0.15, 0.2) is 0 Å². The molecule has 0 saturated heterocycles. The van der Waals surface area contributed by atoms with Crippen LogP contribution in [0.4, 0.5) is 0 Å². The molecule has 1 heterocycles. The van der Waals surface area contributed by atoms with Crippen LogP contribution in [0, 0.1) is 0 Å². The number of aromatic nitrogens is 2. The van der Waals surface area contributed by atoms with E-state index in [0.717, 1.165) is 11.1 Å². The van der Waals surface area contributed by atoms with E-state index >= 15 is 0 Å². The Morgan fingerprint density at radius 3 is 2.52 bits per heavy atom. The second-order valence-corrected chi connectivity index (χ2v) is 6.74. The van der Waals surface area contributed by atoms with Crippen LogP contribution in [0.5, 0.6) is 0 Å². The highest BCUT2D eigenvalue weighted by Gasteiger charge is 2.22. The molecule has 1 aromatic heterocycles. The first-order chi connectivity index (χ1) is 14.0. The van der Waals surface area contributed by atoms with Crippen molar-refractivity contribution in [1.82, 2.24) is 14.9 Å². The number of ether oxygens (including phenoxy) is 1. The third kappa shape index (κ3) is 4.87. The summed E-state index contributed by atoms with van der Waals surface area (Å²) in [6.07, 6.45) is 0.556. The molecule has 3 rings (SSSR count). The number of carbonyl (C=O) groups excluding carboxylic acids is 2. The second-order valence-electron chi connectivity index (χ2n) is 6.74. The fourth-order valence-electron chi connectivity index (χ4n) is 3.19. The van der Waals surface area contributed by atoms with Crippen molar-refractivity contribution in [3.05, 3.63) is 76.2 Å². The highest BCUT2D eigenvalue weighted by Crippen LogP contribution is 2.10. The zero-order valence-electron chi connectivity index (χ0n) is 16.4.